The summed E-state index contributed by atoms with van der Waals surface area (Å²) in [6, 6.07) is 3.73. The van der Waals surface area contributed by atoms with Crippen molar-refractivity contribution in [3.63, 3.8) is 0 Å². The van der Waals surface area contributed by atoms with Crippen molar-refractivity contribution in [3.05, 3.63) is 41.7 Å². The highest BCUT2D eigenvalue weighted by Crippen LogP contribution is 2.26. The van der Waals surface area contributed by atoms with Gasteiger partial charge in [-0.3, -0.25) is 14.6 Å². The summed E-state index contributed by atoms with van der Waals surface area (Å²) in [6.45, 7) is 3.69. The second-order valence-electron chi connectivity index (χ2n) is 5.60. The van der Waals surface area contributed by atoms with Crippen molar-refractivity contribution in [1.82, 2.24) is 4.98 Å². The Hall–Kier alpha value is -1.77. The maximum absolute atomic E-state index is 11.8. The molecule has 0 fully saturated rings. The van der Waals surface area contributed by atoms with Crippen molar-refractivity contribution in [2.75, 3.05) is 0 Å². The lowest BCUT2D eigenvalue weighted by Crippen LogP contribution is -2.23. The molecule has 2 unspecified atom stereocenters. The first-order chi connectivity index (χ1) is 9.58. The molecule has 0 aromatic carbocycles. The van der Waals surface area contributed by atoms with E-state index in [2.05, 4.69) is 11.9 Å². The van der Waals surface area contributed by atoms with E-state index in [1.807, 2.05) is 18.2 Å². The van der Waals surface area contributed by atoms with Gasteiger partial charge in [-0.2, -0.15) is 0 Å². The van der Waals surface area contributed by atoms with Gasteiger partial charge in [-0.1, -0.05) is 13.0 Å². The van der Waals surface area contributed by atoms with Crippen molar-refractivity contribution >= 4 is 11.6 Å². The minimum absolute atomic E-state index is 0.0389. The van der Waals surface area contributed by atoms with Crippen LogP contribution >= 0.6 is 0 Å². The lowest BCUT2D eigenvalue weighted by atomic mass is 9.80. The van der Waals surface area contributed by atoms with Crippen LogP contribution < -0.4 is 0 Å². The zero-order valence-corrected chi connectivity index (χ0v) is 12.1. The van der Waals surface area contributed by atoms with Crippen molar-refractivity contribution in [3.8, 4) is 0 Å². The third-order valence-electron chi connectivity index (χ3n) is 4.07. The molecule has 1 aromatic rings. The third kappa shape index (κ3) is 3.62. The number of Topliss-reactive ketones (excluding diaryl/α,β-unsaturated/α-hetero) is 1. The number of hydrogen-bond acceptors (Lipinski definition) is 3. The van der Waals surface area contributed by atoms with Crippen LogP contribution in [0.15, 0.2) is 30.5 Å². The maximum atomic E-state index is 11.8. The van der Waals surface area contributed by atoms with Crippen LogP contribution in [0.5, 0.6) is 0 Å². The van der Waals surface area contributed by atoms with Gasteiger partial charge < -0.3 is 0 Å². The zero-order chi connectivity index (χ0) is 14.5. The first-order valence-electron chi connectivity index (χ1n) is 7.24. The van der Waals surface area contributed by atoms with Crippen molar-refractivity contribution in [2.24, 2.45) is 11.8 Å². The number of hydrogen-bond donors (Lipinski definition) is 0. The fourth-order valence-corrected chi connectivity index (χ4v) is 2.66. The van der Waals surface area contributed by atoms with E-state index in [9.17, 15) is 9.59 Å². The largest absolute Gasteiger partial charge is 0.295 e. The summed E-state index contributed by atoms with van der Waals surface area (Å²) < 4.78 is 0. The van der Waals surface area contributed by atoms with Gasteiger partial charge in [-0.15, -0.1) is 0 Å². The number of allylic oxidation sites excluding steroid dienone is 2. The molecule has 106 valence electrons. The minimum atomic E-state index is 0.0389. The van der Waals surface area contributed by atoms with Gasteiger partial charge in [0.05, 0.1) is 0 Å². The number of carbonyl (C=O) groups excluding carboxylic acids is 2. The molecule has 3 heteroatoms. The Balaban J connectivity index is 1.89. The van der Waals surface area contributed by atoms with E-state index in [4.69, 9.17) is 0 Å². The van der Waals surface area contributed by atoms with Gasteiger partial charge in [0.15, 0.2) is 11.6 Å². The Morgan fingerprint density at radius 2 is 2.25 bits per heavy atom. The summed E-state index contributed by atoms with van der Waals surface area (Å²) in [6.07, 6.45) is 9.11. The second kappa shape index (κ2) is 6.60. The predicted molar refractivity (Wildman–Crippen MR) is 78.6 cm³/mol. The molecule has 0 saturated carbocycles. The molecule has 0 N–H and O–H groups in total. The lowest BCUT2D eigenvalue weighted by molar-refractivity contribution is -0.120. The molecule has 0 radical (unpaired) electrons. The van der Waals surface area contributed by atoms with Crippen LogP contribution in [0, 0.1) is 11.8 Å². The first-order valence-corrected chi connectivity index (χ1v) is 7.24. The Morgan fingerprint density at radius 3 is 2.85 bits per heavy atom. The van der Waals surface area contributed by atoms with Gasteiger partial charge in [0.2, 0.25) is 0 Å². The Labute approximate surface area is 120 Å². The minimum Gasteiger partial charge on any atom is -0.295 e. The van der Waals surface area contributed by atoms with Crippen LogP contribution in [0.25, 0.3) is 0 Å². The molecular weight excluding hydrogens is 250 g/mol. The molecule has 0 aliphatic heterocycles. The molecule has 2 atom stereocenters. The van der Waals surface area contributed by atoms with E-state index >= 15 is 0 Å². The van der Waals surface area contributed by atoms with Gasteiger partial charge in [0, 0.05) is 23.4 Å². The Morgan fingerprint density at radius 1 is 1.45 bits per heavy atom. The lowest BCUT2D eigenvalue weighted by Gasteiger charge is -2.23. The first kappa shape index (κ1) is 14.6. The fourth-order valence-electron chi connectivity index (χ4n) is 2.66. The van der Waals surface area contributed by atoms with E-state index < -0.39 is 0 Å². The maximum Gasteiger partial charge on any atom is 0.161 e. The molecule has 1 aromatic heterocycles. The summed E-state index contributed by atoms with van der Waals surface area (Å²) in [5, 5.41) is 0. The molecular formula is C17H21NO2. The highest BCUT2D eigenvalue weighted by molar-refractivity contribution is 5.93. The number of rotatable bonds is 5. The number of ketones is 2. The van der Waals surface area contributed by atoms with Gasteiger partial charge >= 0.3 is 0 Å². The average Bonchev–Trinajstić information content (AvgIpc) is 2.45. The molecule has 1 heterocycles. The smallest absolute Gasteiger partial charge is 0.161 e. The Bertz CT molecular complexity index is 516. The summed E-state index contributed by atoms with van der Waals surface area (Å²) in [5.41, 5.74) is 1.63. The van der Waals surface area contributed by atoms with Crippen LogP contribution in [0.2, 0.25) is 0 Å². The molecule has 2 rings (SSSR count). The zero-order valence-electron chi connectivity index (χ0n) is 12.1. The predicted octanol–water partition coefficient (Wildman–Crippen LogP) is 3.39. The van der Waals surface area contributed by atoms with Gasteiger partial charge in [-0.25, -0.2) is 0 Å². The molecule has 0 saturated heterocycles. The number of aryl methyl sites for hydroxylation is 1. The summed E-state index contributed by atoms with van der Waals surface area (Å²) in [4.78, 5) is 27.3. The molecule has 0 amide bonds. The standard InChI is InChI=1S/C17H21NO2/c1-12(16-5-3-4-6-17(16)20)7-9-15-10-8-14(11-18-15)13(2)19/h4,6,8,10-12,16H,3,5,7,9H2,1-2H3. The molecule has 20 heavy (non-hydrogen) atoms. The quantitative estimate of drug-likeness (QED) is 0.771. The summed E-state index contributed by atoms with van der Waals surface area (Å²) in [7, 11) is 0. The van der Waals surface area contributed by atoms with Crippen LogP contribution in [-0.2, 0) is 11.2 Å². The van der Waals surface area contributed by atoms with Gasteiger partial charge in [-0.05, 0) is 56.7 Å². The summed E-state index contributed by atoms with van der Waals surface area (Å²) in [5.74, 6) is 0.846. The van der Waals surface area contributed by atoms with Crippen LogP contribution in [0.1, 0.15) is 49.2 Å². The molecule has 1 aliphatic carbocycles. The number of carbonyl (C=O) groups is 2. The number of pyridine rings is 1. The highest BCUT2D eigenvalue weighted by Gasteiger charge is 2.24. The van der Waals surface area contributed by atoms with Crippen LogP contribution in [0.4, 0.5) is 0 Å². The Kier molecular flexibility index (Phi) is 4.83. The van der Waals surface area contributed by atoms with Crippen molar-refractivity contribution in [1.29, 1.82) is 0 Å². The van der Waals surface area contributed by atoms with Crippen molar-refractivity contribution < 1.29 is 9.59 Å². The van der Waals surface area contributed by atoms with E-state index in [0.717, 1.165) is 31.4 Å². The van der Waals surface area contributed by atoms with E-state index in [0.29, 0.717) is 11.5 Å². The third-order valence-corrected chi connectivity index (χ3v) is 4.07. The van der Waals surface area contributed by atoms with E-state index in [1.54, 1.807) is 19.2 Å². The normalized spacial score (nSPS) is 19.9. The monoisotopic (exact) mass is 271 g/mol. The molecule has 0 spiro atoms. The number of nitrogens with zero attached hydrogens (tertiary/aromatic N) is 1. The van der Waals surface area contributed by atoms with Crippen molar-refractivity contribution in [2.45, 2.75) is 39.5 Å². The topological polar surface area (TPSA) is 47.0 Å². The van der Waals surface area contributed by atoms with E-state index in [-0.39, 0.29) is 17.5 Å². The fraction of sp³-hybridized carbons (Fsp3) is 0.471. The molecule has 0 bridgehead atoms. The second-order valence-corrected chi connectivity index (χ2v) is 5.60. The van der Waals surface area contributed by atoms with E-state index in [1.165, 1.54) is 0 Å². The summed E-state index contributed by atoms with van der Waals surface area (Å²) >= 11 is 0. The van der Waals surface area contributed by atoms with Gasteiger partial charge in [0.25, 0.3) is 0 Å². The van der Waals surface area contributed by atoms with Crippen LogP contribution in [-0.4, -0.2) is 16.6 Å². The molecule has 1 aliphatic rings. The highest BCUT2D eigenvalue weighted by atomic mass is 16.1. The molecule has 3 nitrogen and oxygen atoms in total. The number of aromatic nitrogens is 1. The van der Waals surface area contributed by atoms with Crippen LogP contribution in [0.3, 0.4) is 0 Å². The SMILES string of the molecule is CC(=O)c1ccc(CCC(C)C2CCC=CC2=O)nc1. The average molecular weight is 271 g/mol. The van der Waals surface area contributed by atoms with Gasteiger partial charge in [0.1, 0.15) is 0 Å².